The first-order valence-electron chi connectivity index (χ1n) is 13.4. The average Bonchev–Trinajstić information content (AvgIpc) is 3.26. The van der Waals surface area contributed by atoms with Gasteiger partial charge >= 0.3 is 0 Å². The molecule has 1 aliphatic carbocycles. The van der Waals surface area contributed by atoms with Crippen LogP contribution in [0.25, 0.3) is 0 Å². The highest BCUT2D eigenvalue weighted by molar-refractivity contribution is 7.94. The lowest BCUT2D eigenvalue weighted by atomic mass is 9.61. The van der Waals surface area contributed by atoms with E-state index in [1.165, 1.54) is 16.4 Å². The van der Waals surface area contributed by atoms with Crippen LogP contribution < -0.4 is 14.5 Å². The van der Waals surface area contributed by atoms with Gasteiger partial charge in [-0.15, -0.1) is 0 Å². The third kappa shape index (κ3) is 4.93. The van der Waals surface area contributed by atoms with Crippen molar-refractivity contribution in [3.8, 4) is 0 Å². The molecule has 6 rings (SSSR count). The molecule has 212 valence electrons. The summed E-state index contributed by atoms with van der Waals surface area (Å²) in [5.74, 6) is -0.783. The maximum Gasteiger partial charge on any atom is 0.257 e. The Labute approximate surface area is 231 Å². The van der Waals surface area contributed by atoms with Gasteiger partial charge < -0.3 is 15.3 Å². The molecule has 3 aliphatic heterocycles. The number of fused-ring (bicyclic) bond motifs is 3. The molecule has 2 saturated heterocycles. The predicted molar refractivity (Wildman–Crippen MR) is 153 cm³/mol. The highest BCUT2D eigenvalue weighted by Gasteiger charge is 2.48. The molecule has 9 nitrogen and oxygen atoms in total. The second kappa shape index (κ2) is 9.49. The van der Waals surface area contributed by atoms with Crippen LogP contribution in [0, 0.1) is 5.41 Å². The molecular weight excluding hydrogens is 538 g/mol. The summed E-state index contributed by atoms with van der Waals surface area (Å²) in [6, 6.07) is 10.0. The minimum absolute atomic E-state index is 0.0799. The maximum absolute atomic E-state index is 13.6. The second-order valence-corrected chi connectivity index (χ2v) is 17.0. The number of aliphatic hydroxyl groups excluding tert-OH is 1. The molecule has 0 atom stereocenters. The zero-order chi connectivity index (χ0) is 28.4. The van der Waals surface area contributed by atoms with Crippen molar-refractivity contribution in [3.63, 3.8) is 0 Å². The van der Waals surface area contributed by atoms with Crippen molar-refractivity contribution in [2.75, 3.05) is 40.0 Å². The van der Waals surface area contributed by atoms with Crippen molar-refractivity contribution >= 4 is 42.8 Å². The van der Waals surface area contributed by atoms with Crippen LogP contribution in [0.3, 0.4) is 0 Å². The fourth-order valence-electron chi connectivity index (χ4n) is 5.97. The van der Waals surface area contributed by atoms with Gasteiger partial charge in [0.2, 0.25) is 10.0 Å². The minimum Gasteiger partial charge on any atom is -0.395 e. The third-order valence-electron chi connectivity index (χ3n) is 8.36. The Bertz CT molecular complexity index is 1520. The number of anilines is 3. The van der Waals surface area contributed by atoms with Gasteiger partial charge in [0.1, 0.15) is 0 Å². The van der Waals surface area contributed by atoms with E-state index in [1.54, 1.807) is 39.0 Å². The van der Waals surface area contributed by atoms with Crippen molar-refractivity contribution in [1.82, 2.24) is 0 Å². The van der Waals surface area contributed by atoms with E-state index in [4.69, 9.17) is 0 Å². The van der Waals surface area contributed by atoms with Crippen LogP contribution in [0.15, 0.2) is 41.3 Å². The van der Waals surface area contributed by atoms with Gasteiger partial charge in [0.05, 0.1) is 38.9 Å². The van der Waals surface area contributed by atoms with Gasteiger partial charge in [-0.05, 0) is 87.8 Å². The summed E-state index contributed by atoms with van der Waals surface area (Å²) >= 11 is 0. The number of aliphatic hydroxyl groups is 1. The summed E-state index contributed by atoms with van der Waals surface area (Å²) in [7, 11) is -7.30. The van der Waals surface area contributed by atoms with Gasteiger partial charge in [-0.1, -0.05) is 13.0 Å². The van der Waals surface area contributed by atoms with Crippen molar-refractivity contribution in [2.45, 2.75) is 69.1 Å². The van der Waals surface area contributed by atoms with Gasteiger partial charge in [-0.2, -0.15) is 0 Å². The minimum atomic E-state index is -3.70. The number of sulfone groups is 1. The zero-order valence-electron chi connectivity index (χ0n) is 22.9. The van der Waals surface area contributed by atoms with E-state index in [2.05, 4.69) is 17.1 Å². The Morgan fingerprint density at radius 2 is 1.77 bits per heavy atom. The molecule has 1 saturated carbocycles. The molecule has 11 heteroatoms. The fraction of sp³-hybridized carbons (Fsp3) is 0.536. The number of nitrogens with one attached hydrogen (secondary N) is 1. The molecule has 0 aromatic heterocycles. The third-order valence-corrected chi connectivity index (χ3v) is 12.6. The molecule has 1 amide bonds. The number of piperidine rings is 2. The number of hydrogen-bond acceptors (Lipinski definition) is 7. The van der Waals surface area contributed by atoms with Crippen LogP contribution in [0.2, 0.25) is 0 Å². The lowest BCUT2D eigenvalue weighted by molar-refractivity contribution is 0.0749. The van der Waals surface area contributed by atoms with Crippen molar-refractivity contribution in [3.05, 3.63) is 47.5 Å². The predicted octanol–water partition coefficient (Wildman–Crippen LogP) is 3.57. The van der Waals surface area contributed by atoms with E-state index in [0.29, 0.717) is 41.0 Å². The van der Waals surface area contributed by atoms with Crippen LogP contribution >= 0.6 is 0 Å². The van der Waals surface area contributed by atoms with Gasteiger partial charge in [0.15, 0.2) is 9.84 Å². The number of carbonyl (C=O) groups is 1. The van der Waals surface area contributed by atoms with Gasteiger partial charge in [0.25, 0.3) is 5.91 Å². The molecule has 0 spiro atoms. The highest BCUT2D eigenvalue weighted by Crippen LogP contribution is 2.52. The topological polar surface area (TPSA) is 124 Å². The summed E-state index contributed by atoms with van der Waals surface area (Å²) in [6.07, 6.45) is 3.54. The van der Waals surface area contributed by atoms with Crippen LogP contribution in [0.5, 0.6) is 0 Å². The molecular formula is C28H37N3O6S2. The van der Waals surface area contributed by atoms with E-state index >= 15 is 0 Å². The first-order chi connectivity index (χ1) is 18.1. The Hall–Kier alpha value is -2.63. The first kappa shape index (κ1) is 27.9. The Morgan fingerprint density at radius 3 is 2.38 bits per heavy atom. The number of benzene rings is 2. The molecule has 2 aromatic rings. The standard InChI is InChI=1S/C28H37N3O6S2/c1-27(2,3)39(36,37)31-11-9-19-5-6-20(15-24(19)31)29-26(33)23-8-7-22(38(34,35)14-13-32)16-25(23)30-12-10-28(4)17-21(30)18-28/h5-8,15-16,21,32H,9-14,17-18H2,1-4H3,(H,29,33). The van der Waals surface area contributed by atoms with Crippen LogP contribution in [0.4, 0.5) is 17.1 Å². The lowest BCUT2D eigenvalue weighted by Crippen LogP contribution is -2.57. The van der Waals surface area contributed by atoms with E-state index in [1.807, 2.05) is 6.07 Å². The van der Waals surface area contributed by atoms with Crippen LogP contribution in [0.1, 0.15) is 62.9 Å². The van der Waals surface area contributed by atoms with E-state index in [-0.39, 0.29) is 16.7 Å². The normalized spacial score (nSPS) is 22.8. The average molecular weight is 576 g/mol. The number of carbonyl (C=O) groups excluding carboxylic acids is 1. The van der Waals surface area contributed by atoms with Crippen molar-refractivity contribution in [2.24, 2.45) is 5.41 Å². The van der Waals surface area contributed by atoms with Crippen molar-refractivity contribution < 1.29 is 26.7 Å². The van der Waals surface area contributed by atoms with E-state index in [0.717, 1.165) is 31.4 Å². The second-order valence-electron chi connectivity index (χ2n) is 12.3. The first-order valence-corrected chi connectivity index (χ1v) is 16.5. The summed E-state index contributed by atoms with van der Waals surface area (Å²) in [4.78, 5) is 15.8. The molecule has 0 unspecified atom stereocenters. The van der Waals surface area contributed by atoms with Crippen LogP contribution in [-0.2, 0) is 26.3 Å². The summed E-state index contributed by atoms with van der Waals surface area (Å²) < 4.78 is 52.3. The Kier molecular flexibility index (Phi) is 6.79. The maximum atomic E-state index is 13.6. The number of rotatable bonds is 7. The largest absolute Gasteiger partial charge is 0.395 e. The van der Waals surface area contributed by atoms with Gasteiger partial charge in [-0.3, -0.25) is 9.10 Å². The van der Waals surface area contributed by atoms with Gasteiger partial charge in [-0.25, -0.2) is 16.8 Å². The number of hydrogen-bond donors (Lipinski definition) is 2. The van der Waals surface area contributed by atoms with E-state index in [9.17, 15) is 26.7 Å². The quantitative estimate of drug-likeness (QED) is 0.517. The SMILES string of the molecule is CC12CCN(c3cc(S(=O)(=O)CCO)ccc3C(=O)Nc3ccc4c(c3)N(S(=O)(=O)C(C)(C)C)CC4)C(C1)C2. The lowest BCUT2D eigenvalue weighted by Gasteiger charge is -2.57. The zero-order valence-corrected chi connectivity index (χ0v) is 24.5. The van der Waals surface area contributed by atoms with Crippen molar-refractivity contribution in [1.29, 1.82) is 0 Å². The molecule has 2 N–H and O–H groups in total. The summed E-state index contributed by atoms with van der Waals surface area (Å²) in [5, 5.41) is 12.2. The number of sulfonamides is 1. The monoisotopic (exact) mass is 575 g/mol. The number of nitrogens with zero attached hydrogens (tertiary/aromatic N) is 2. The van der Waals surface area contributed by atoms with Crippen LogP contribution in [-0.4, -0.2) is 64.1 Å². The van der Waals surface area contributed by atoms with Gasteiger partial charge in [0, 0.05) is 24.8 Å². The fourth-order valence-corrected chi connectivity index (χ4v) is 8.44. The molecule has 3 heterocycles. The molecule has 0 radical (unpaired) electrons. The number of amides is 1. The Balaban J connectivity index is 1.47. The highest BCUT2D eigenvalue weighted by atomic mass is 32.2. The Morgan fingerprint density at radius 1 is 1.05 bits per heavy atom. The molecule has 39 heavy (non-hydrogen) atoms. The van der Waals surface area contributed by atoms with E-state index < -0.39 is 37.1 Å². The molecule has 2 bridgehead atoms. The molecule has 3 fully saturated rings. The smallest absolute Gasteiger partial charge is 0.257 e. The molecule has 2 aromatic carbocycles. The molecule has 4 aliphatic rings. The summed E-state index contributed by atoms with van der Waals surface area (Å²) in [5.41, 5.74) is 3.16. The summed E-state index contributed by atoms with van der Waals surface area (Å²) in [6.45, 7) is 7.87.